The SMILES string of the molecule is C=CC(=O)N1CC[C@H](C(=O)N(C)[C@H](C(=O)N[C@H]2Cc3cc(O)cc(c3)-c3ccc4c(c3)c(c(-c3cc(F)cnc3COC)n4CC)CC(C)(C)COC(=O)[C@@H]3CCCN(N3)C2=O)C(C)C)C1. The van der Waals surface area contributed by atoms with E-state index in [2.05, 4.69) is 26.9 Å². The number of hydrogen-bond acceptors (Lipinski definition) is 10. The highest BCUT2D eigenvalue weighted by atomic mass is 19.1. The molecular weight excluding hydrogens is 846 g/mol. The highest BCUT2D eigenvalue weighted by molar-refractivity contribution is 5.96. The van der Waals surface area contributed by atoms with Crippen LogP contribution in [0.1, 0.15) is 70.7 Å². The van der Waals surface area contributed by atoms with Gasteiger partial charge in [0.15, 0.2) is 0 Å². The number of ether oxygens (including phenoxy) is 2. The predicted molar refractivity (Wildman–Crippen MR) is 247 cm³/mol. The number of hydrogen-bond donors (Lipinski definition) is 3. The van der Waals surface area contributed by atoms with E-state index >= 15 is 4.39 Å². The molecule has 3 aliphatic heterocycles. The van der Waals surface area contributed by atoms with Crippen molar-refractivity contribution < 1.29 is 42.9 Å². The molecule has 2 aromatic heterocycles. The number of pyridine rings is 1. The second-order valence-electron chi connectivity index (χ2n) is 18.9. The van der Waals surface area contributed by atoms with E-state index in [9.17, 15) is 29.1 Å². The van der Waals surface area contributed by atoms with E-state index in [4.69, 9.17) is 9.47 Å². The number of aromatic hydroxyl groups is 1. The van der Waals surface area contributed by atoms with Gasteiger partial charge >= 0.3 is 5.97 Å². The second-order valence-corrected chi connectivity index (χ2v) is 18.9. The fourth-order valence-corrected chi connectivity index (χ4v) is 9.84. The number of phenolic OH excluding ortho intramolecular Hbond substituents is 1. The molecule has 2 aromatic carbocycles. The second kappa shape index (κ2) is 19.8. The lowest BCUT2D eigenvalue weighted by molar-refractivity contribution is -0.155. The van der Waals surface area contributed by atoms with Crippen LogP contribution in [0.15, 0.2) is 61.3 Å². The van der Waals surface area contributed by atoms with Crippen molar-refractivity contribution in [1.29, 1.82) is 0 Å². The summed E-state index contributed by atoms with van der Waals surface area (Å²) in [6.45, 7) is 14.8. The molecule has 0 radical (unpaired) electrons. The van der Waals surface area contributed by atoms with Gasteiger partial charge in [-0.2, -0.15) is 0 Å². The van der Waals surface area contributed by atoms with Crippen LogP contribution in [-0.4, -0.2) is 118 Å². The third-order valence-electron chi connectivity index (χ3n) is 13.0. The number of carbonyl (C=O) groups excluding carboxylic acids is 5. The van der Waals surface area contributed by atoms with Crippen LogP contribution in [0.25, 0.3) is 33.3 Å². The van der Waals surface area contributed by atoms with Crippen molar-refractivity contribution in [3.8, 4) is 28.1 Å². The van der Waals surface area contributed by atoms with Gasteiger partial charge in [0.2, 0.25) is 17.7 Å². The maximum absolute atomic E-state index is 15.1. The van der Waals surface area contributed by atoms with Crippen LogP contribution in [0.5, 0.6) is 5.75 Å². The van der Waals surface area contributed by atoms with Crippen molar-refractivity contribution in [1.82, 2.24) is 35.1 Å². The number of nitrogens with one attached hydrogen (secondary N) is 2. The van der Waals surface area contributed by atoms with Crippen LogP contribution in [0.3, 0.4) is 0 Å². The van der Waals surface area contributed by atoms with Gasteiger partial charge in [-0.1, -0.05) is 46.4 Å². The minimum atomic E-state index is -1.19. The fourth-order valence-electron chi connectivity index (χ4n) is 9.84. The maximum atomic E-state index is 15.1. The van der Waals surface area contributed by atoms with Crippen molar-refractivity contribution in [2.24, 2.45) is 17.3 Å². The third-order valence-corrected chi connectivity index (χ3v) is 13.0. The minimum Gasteiger partial charge on any atom is -0.508 e. The fraction of sp³-hybridized carbons (Fsp3) is 0.480. The summed E-state index contributed by atoms with van der Waals surface area (Å²) in [7, 11) is 3.13. The normalized spacial score (nSPS) is 20.5. The molecule has 2 saturated heterocycles. The molecule has 0 saturated carbocycles. The molecular formula is C50H62FN7O8. The largest absolute Gasteiger partial charge is 0.508 e. The molecule has 15 nitrogen and oxygen atoms in total. The Morgan fingerprint density at radius 2 is 1.89 bits per heavy atom. The lowest BCUT2D eigenvalue weighted by Gasteiger charge is -2.37. The number of methoxy groups -OCH3 is 1. The van der Waals surface area contributed by atoms with Crippen LogP contribution in [0.4, 0.5) is 4.39 Å². The summed E-state index contributed by atoms with van der Waals surface area (Å²) in [6.07, 6.45) is 4.10. The monoisotopic (exact) mass is 907 g/mol. The van der Waals surface area contributed by atoms with Gasteiger partial charge in [-0.3, -0.25) is 34.0 Å². The molecule has 3 N–H and O–H groups in total. The van der Waals surface area contributed by atoms with Gasteiger partial charge < -0.3 is 34.3 Å². The molecule has 4 amide bonds. The number of phenols is 1. The number of hydrazine groups is 1. The highest BCUT2D eigenvalue weighted by Crippen LogP contribution is 2.41. The van der Waals surface area contributed by atoms with E-state index in [1.165, 1.54) is 28.2 Å². The summed E-state index contributed by atoms with van der Waals surface area (Å²) >= 11 is 0. The number of aromatic nitrogens is 2. The number of esters is 1. The van der Waals surface area contributed by atoms with Crippen molar-refractivity contribution in [3.05, 3.63) is 84.0 Å². The standard InChI is InChI=1S/C50H62FN7O8/c1-9-43(60)56-17-15-32(26-56)47(62)55(7)44(29(3)4)46(61)53-40-20-30-18-33(21-35(59)19-30)31-13-14-42-36(22-31)38(45(57(42)10-2)37-23-34(51)25-52-41(37)27-65-8)24-50(5,6)28-66-49(64)39-12-11-16-58(54-39)48(40)63/h9,13-14,18-19,21-23,25,29,32,39-40,44,54,59H,1,10-12,15-17,20,24,26-28H2,2-8H3,(H,53,61)/t32-,39-,40-,44-/m0/s1. The molecule has 0 spiro atoms. The summed E-state index contributed by atoms with van der Waals surface area (Å²) < 4.78 is 28.8. The quantitative estimate of drug-likeness (QED) is 0.135. The number of amides is 4. The summed E-state index contributed by atoms with van der Waals surface area (Å²) in [5, 5.41) is 16.5. The molecule has 16 heteroatoms. The van der Waals surface area contributed by atoms with Crippen LogP contribution in [-0.2, 0) is 59.4 Å². The van der Waals surface area contributed by atoms with Gasteiger partial charge in [-0.15, -0.1) is 0 Å². The van der Waals surface area contributed by atoms with Gasteiger partial charge in [0, 0.05) is 68.6 Å². The van der Waals surface area contributed by atoms with Gasteiger partial charge in [0.25, 0.3) is 5.91 Å². The Balaban J connectivity index is 1.31. The van der Waals surface area contributed by atoms with Crippen molar-refractivity contribution in [3.63, 3.8) is 0 Å². The number of rotatable bonds is 10. The molecule has 3 aliphatic rings. The van der Waals surface area contributed by atoms with Crippen molar-refractivity contribution in [2.45, 2.75) is 98.0 Å². The number of cyclic esters (lactones) is 1. The zero-order valence-corrected chi connectivity index (χ0v) is 39.0. The zero-order valence-electron chi connectivity index (χ0n) is 39.0. The van der Waals surface area contributed by atoms with E-state index in [-0.39, 0.29) is 56.2 Å². The molecule has 2 fully saturated rings. The van der Waals surface area contributed by atoms with Gasteiger partial charge in [0.05, 0.1) is 36.7 Å². The first-order valence-electron chi connectivity index (χ1n) is 22.8. The molecule has 6 bridgehead atoms. The molecule has 0 unspecified atom stereocenters. The number of likely N-dealkylation sites (N-methyl/N-ethyl adjacent to an activating group) is 1. The van der Waals surface area contributed by atoms with Crippen LogP contribution in [0, 0.1) is 23.1 Å². The number of halogens is 1. The Kier molecular flexibility index (Phi) is 14.3. The average Bonchev–Trinajstić information content (AvgIpc) is 3.90. The summed E-state index contributed by atoms with van der Waals surface area (Å²) in [6, 6.07) is 9.50. The van der Waals surface area contributed by atoms with E-state index in [0.717, 1.165) is 27.7 Å². The lowest BCUT2D eigenvalue weighted by atomic mass is 9.84. The number of fused-ring (bicyclic) bond motifs is 6. The molecule has 7 rings (SSSR count). The number of carbonyl (C=O) groups is 5. The smallest absolute Gasteiger partial charge is 0.324 e. The Morgan fingerprint density at radius 1 is 1.12 bits per heavy atom. The summed E-state index contributed by atoms with van der Waals surface area (Å²) in [5.74, 6) is -3.56. The Morgan fingerprint density at radius 3 is 2.61 bits per heavy atom. The minimum absolute atomic E-state index is 0.0309. The van der Waals surface area contributed by atoms with Crippen molar-refractivity contribution >= 4 is 40.5 Å². The van der Waals surface area contributed by atoms with Crippen molar-refractivity contribution in [2.75, 3.05) is 40.4 Å². The first kappa shape index (κ1) is 47.8. The molecule has 352 valence electrons. The van der Waals surface area contributed by atoms with Crippen LogP contribution >= 0.6 is 0 Å². The summed E-state index contributed by atoms with van der Waals surface area (Å²) in [5.41, 5.74) is 8.13. The molecule has 66 heavy (non-hydrogen) atoms. The highest BCUT2D eigenvalue weighted by Gasteiger charge is 2.40. The van der Waals surface area contributed by atoms with E-state index < -0.39 is 53.1 Å². The Labute approximate surface area is 385 Å². The number of likely N-dealkylation sites (tertiary alicyclic amines) is 1. The van der Waals surface area contributed by atoms with Gasteiger partial charge in [-0.25, -0.2) is 9.82 Å². The first-order valence-corrected chi connectivity index (χ1v) is 22.8. The Bertz CT molecular complexity index is 2540. The lowest BCUT2D eigenvalue weighted by Crippen LogP contribution is -2.62. The van der Waals surface area contributed by atoms with Gasteiger partial charge in [0.1, 0.15) is 29.7 Å². The number of benzene rings is 2. The Hall–Kier alpha value is -6.13. The molecule has 4 aromatic rings. The topological polar surface area (TPSA) is 176 Å². The average molecular weight is 908 g/mol. The maximum Gasteiger partial charge on any atom is 0.324 e. The molecule has 0 aliphatic carbocycles. The molecule has 5 heterocycles. The number of nitrogens with zero attached hydrogens (tertiary/aromatic N) is 5. The number of aryl methyl sites for hydroxylation is 1. The van der Waals surface area contributed by atoms with Crippen LogP contribution < -0.4 is 10.7 Å². The van der Waals surface area contributed by atoms with E-state index in [0.29, 0.717) is 61.2 Å². The first-order chi connectivity index (χ1) is 31.4. The van der Waals surface area contributed by atoms with Gasteiger partial charge in [-0.05, 0) is 97.2 Å². The van der Waals surface area contributed by atoms with Crippen LogP contribution in [0.2, 0.25) is 0 Å². The third kappa shape index (κ3) is 9.99. The predicted octanol–water partition coefficient (Wildman–Crippen LogP) is 5.55. The molecule has 4 atom stereocenters. The summed E-state index contributed by atoms with van der Waals surface area (Å²) in [4.78, 5) is 76.7. The zero-order chi connectivity index (χ0) is 47.6. The van der Waals surface area contributed by atoms with E-state index in [1.54, 1.807) is 31.2 Å². The van der Waals surface area contributed by atoms with E-state index in [1.807, 2.05) is 58.9 Å².